The highest BCUT2D eigenvalue weighted by Gasteiger charge is 2.37. The summed E-state index contributed by atoms with van der Waals surface area (Å²) in [5, 5.41) is 3.54. The fraction of sp³-hybridized carbons (Fsp3) is 0.643. The molecule has 0 amide bonds. The summed E-state index contributed by atoms with van der Waals surface area (Å²) in [6.07, 6.45) is 2.99. The molecule has 1 aliphatic rings. The molecule has 0 unspecified atom stereocenters. The number of hydrogen-bond donors (Lipinski definition) is 1. The summed E-state index contributed by atoms with van der Waals surface area (Å²) in [7, 11) is 0. The van der Waals surface area contributed by atoms with Gasteiger partial charge in [0, 0.05) is 36.9 Å². The molecule has 1 saturated heterocycles. The first-order valence-electron chi connectivity index (χ1n) is 6.38. The van der Waals surface area contributed by atoms with Crippen LogP contribution in [0.1, 0.15) is 33.3 Å². The number of pyridine rings is 1. The van der Waals surface area contributed by atoms with Crippen molar-refractivity contribution in [2.75, 3.05) is 13.1 Å². The highest BCUT2D eigenvalue weighted by Crippen LogP contribution is 2.25. The van der Waals surface area contributed by atoms with E-state index in [1.54, 1.807) is 12.3 Å². The van der Waals surface area contributed by atoms with Gasteiger partial charge in [0.05, 0.1) is 6.20 Å². The van der Waals surface area contributed by atoms with Crippen LogP contribution < -0.4 is 5.32 Å². The minimum absolute atomic E-state index is 0.0713. The summed E-state index contributed by atoms with van der Waals surface area (Å²) in [6, 6.07) is 1.57. The topological polar surface area (TPSA) is 28.2 Å². The van der Waals surface area contributed by atoms with Gasteiger partial charge in [0.1, 0.15) is 5.82 Å². The second-order valence-corrected chi connectivity index (χ2v) is 6.42. The van der Waals surface area contributed by atoms with Crippen LogP contribution in [0.3, 0.4) is 0 Å². The van der Waals surface area contributed by atoms with E-state index in [2.05, 4.69) is 42.9 Å². The van der Waals surface area contributed by atoms with E-state index in [1.165, 1.54) is 6.20 Å². The molecule has 0 saturated carbocycles. The minimum Gasteiger partial charge on any atom is -0.309 e. The molecule has 1 N–H and O–H groups in total. The van der Waals surface area contributed by atoms with Crippen molar-refractivity contribution in [1.82, 2.24) is 15.2 Å². The zero-order chi connectivity index (χ0) is 13.4. The first-order valence-corrected chi connectivity index (χ1v) is 6.38. The van der Waals surface area contributed by atoms with E-state index in [0.29, 0.717) is 0 Å². The van der Waals surface area contributed by atoms with Gasteiger partial charge in [-0.25, -0.2) is 4.39 Å². The van der Waals surface area contributed by atoms with Gasteiger partial charge in [-0.3, -0.25) is 9.88 Å². The van der Waals surface area contributed by atoms with Crippen molar-refractivity contribution in [3.63, 3.8) is 0 Å². The smallest absolute Gasteiger partial charge is 0.141 e. The fourth-order valence-electron chi connectivity index (χ4n) is 2.35. The van der Waals surface area contributed by atoms with E-state index < -0.39 is 0 Å². The van der Waals surface area contributed by atoms with E-state index in [4.69, 9.17) is 0 Å². The first kappa shape index (κ1) is 13.4. The molecular formula is C14H22FN3. The van der Waals surface area contributed by atoms with Crippen LogP contribution in [0, 0.1) is 5.82 Å². The standard InChI is InChI=1S/C14H22FN3/c1-13(2)10-18(14(3,4)9-17-13)8-11-5-12(15)7-16-6-11/h5-7,17H,8-10H2,1-4H3. The molecule has 4 heteroatoms. The number of nitrogens with zero attached hydrogens (tertiary/aromatic N) is 2. The van der Waals surface area contributed by atoms with Crippen molar-refractivity contribution in [3.8, 4) is 0 Å². The van der Waals surface area contributed by atoms with Gasteiger partial charge in [0.2, 0.25) is 0 Å². The molecule has 1 fully saturated rings. The molecule has 100 valence electrons. The monoisotopic (exact) mass is 251 g/mol. The van der Waals surface area contributed by atoms with E-state index in [-0.39, 0.29) is 16.9 Å². The van der Waals surface area contributed by atoms with Crippen LogP contribution in [0.2, 0.25) is 0 Å². The highest BCUT2D eigenvalue weighted by atomic mass is 19.1. The minimum atomic E-state index is -0.264. The van der Waals surface area contributed by atoms with Crippen LogP contribution in [0.4, 0.5) is 4.39 Å². The van der Waals surface area contributed by atoms with Gasteiger partial charge < -0.3 is 5.32 Å². The lowest BCUT2D eigenvalue weighted by atomic mass is 9.91. The quantitative estimate of drug-likeness (QED) is 0.873. The first-order chi connectivity index (χ1) is 8.28. The average Bonchev–Trinajstić information content (AvgIpc) is 2.24. The second kappa shape index (κ2) is 4.59. The van der Waals surface area contributed by atoms with Crippen molar-refractivity contribution >= 4 is 0 Å². The molecule has 3 nitrogen and oxygen atoms in total. The van der Waals surface area contributed by atoms with E-state index in [9.17, 15) is 4.39 Å². The summed E-state index contributed by atoms with van der Waals surface area (Å²) in [5.74, 6) is -0.264. The molecule has 0 atom stereocenters. The predicted molar refractivity (Wildman–Crippen MR) is 70.8 cm³/mol. The summed E-state index contributed by atoms with van der Waals surface area (Å²) in [4.78, 5) is 6.31. The van der Waals surface area contributed by atoms with Gasteiger partial charge >= 0.3 is 0 Å². The van der Waals surface area contributed by atoms with E-state index >= 15 is 0 Å². The van der Waals surface area contributed by atoms with Gasteiger partial charge in [0.25, 0.3) is 0 Å². The Balaban J connectivity index is 2.15. The summed E-state index contributed by atoms with van der Waals surface area (Å²) < 4.78 is 13.2. The maximum Gasteiger partial charge on any atom is 0.141 e. The Bertz CT molecular complexity index is 429. The van der Waals surface area contributed by atoms with Crippen LogP contribution >= 0.6 is 0 Å². The largest absolute Gasteiger partial charge is 0.309 e. The summed E-state index contributed by atoms with van der Waals surface area (Å²) in [5.41, 5.74) is 1.10. The number of nitrogens with one attached hydrogen (secondary N) is 1. The zero-order valence-corrected chi connectivity index (χ0v) is 11.6. The van der Waals surface area contributed by atoms with Crippen LogP contribution in [0.5, 0.6) is 0 Å². The van der Waals surface area contributed by atoms with Crippen molar-refractivity contribution in [3.05, 3.63) is 29.8 Å². The normalized spacial score (nSPS) is 22.9. The SMILES string of the molecule is CC1(C)CN(Cc2cncc(F)c2)C(C)(C)CN1. The number of halogens is 1. The van der Waals surface area contributed by atoms with Crippen LogP contribution in [-0.4, -0.2) is 34.1 Å². The molecule has 2 heterocycles. The molecule has 0 spiro atoms. The third kappa shape index (κ3) is 3.06. The number of hydrogen-bond acceptors (Lipinski definition) is 3. The number of piperazine rings is 1. The lowest BCUT2D eigenvalue weighted by Crippen LogP contribution is -2.65. The molecule has 2 rings (SSSR count). The maximum atomic E-state index is 13.2. The second-order valence-electron chi connectivity index (χ2n) is 6.42. The van der Waals surface area contributed by atoms with Gasteiger partial charge in [0.15, 0.2) is 0 Å². The average molecular weight is 251 g/mol. The third-order valence-corrected chi connectivity index (χ3v) is 3.58. The zero-order valence-electron chi connectivity index (χ0n) is 11.6. The Morgan fingerprint density at radius 3 is 2.72 bits per heavy atom. The maximum absolute atomic E-state index is 13.2. The Morgan fingerprint density at radius 2 is 2.06 bits per heavy atom. The van der Waals surface area contributed by atoms with E-state index in [1.807, 2.05) is 0 Å². The number of aromatic nitrogens is 1. The molecule has 0 bridgehead atoms. The fourth-order valence-corrected chi connectivity index (χ4v) is 2.35. The van der Waals surface area contributed by atoms with Crippen LogP contribution in [-0.2, 0) is 6.54 Å². The summed E-state index contributed by atoms with van der Waals surface area (Å²) >= 11 is 0. The van der Waals surface area contributed by atoms with Crippen molar-refractivity contribution < 1.29 is 4.39 Å². The lowest BCUT2D eigenvalue weighted by molar-refractivity contribution is 0.0322. The Morgan fingerprint density at radius 1 is 1.33 bits per heavy atom. The van der Waals surface area contributed by atoms with Gasteiger partial charge in [-0.05, 0) is 39.3 Å². The van der Waals surface area contributed by atoms with Crippen molar-refractivity contribution in [2.24, 2.45) is 0 Å². The molecule has 0 radical (unpaired) electrons. The third-order valence-electron chi connectivity index (χ3n) is 3.58. The van der Waals surface area contributed by atoms with Gasteiger partial charge in [-0.1, -0.05) is 0 Å². The van der Waals surface area contributed by atoms with Crippen molar-refractivity contribution in [1.29, 1.82) is 0 Å². The molecule has 1 aromatic heterocycles. The van der Waals surface area contributed by atoms with Crippen molar-refractivity contribution in [2.45, 2.75) is 45.3 Å². The summed E-state index contributed by atoms with van der Waals surface area (Å²) in [6.45, 7) is 11.4. The molecular weight excluding hydrogens is 229 g/mol. The Labute approximate surface area is 108 Å². The predicted octanol–water partition coefficient (Wildman–Crippen LogP) is 2.18. The molecule has 1 aliphatic heterocycles. The van der Waals surface area contributed by atoms with Gasteiger partial charge in [-0.2, -0.15) is 0 Å². The molecule has 1 aromatic rings. The van der Waals surface area contributed by atoms with Crippen LogP contribution in [0.15, 0.2) is 18.5 Å². The lowest BCUT2D eigenvalue weighted by Gasteiger charge is -2.49. The van der Waals surface area contributed by atoms with Gasteiger partial charge in [-0.15, -0.1) is 0 Å². The highest BCUT2D eigenvalue weighted by molar-refractivity contribution is 5.12. The molecule has 0 aromatic carbocycles. The molecule has 0 aliphatic carbocycles. The van der Waals surface area contributed by atoms with Crippen LogP contribution in [0.25, 0.3) is 0 Å². The Kier molecular flexibility index (Phi) is 3.43. The molecule has 18 heavy (non-hydrogen) atoms. The Hall–Kier alpha value is -1.00. The van der Waals surface area contributed by atoms with E-state index in [0.717, 1.165) is 25.2 Å². The number of rotatable bonds is 2.